The van der Waals surface area contributed by atoms with Crippen molar-refractivity contribution in [1.29, 1.82) is 0 Å². The molecular weight excluding hydrogens is 581 g/mol. The average Bonchev–Trinajstić information content (AvgIpc) is 3.58. The van der Waals surface area contributed by atoms with E-state index in [2.05, 4.69) is 10.2 Å². The van der Waals surface area contributed by atoms with Gasteiger partial charge in [0.1, 0.15) is 30.5 Å². The van der Waals surface area contributed by atoms with Gasteiger partial charge in [0.05, 0.1) is 18.2 Å². The van der Waals surface area contributed by atoms with Crippen LogP contribution in [0.3, 0.4) is 0 Å². The smallest absolute Gasteiger partial charge is 0.301 e. The molecule has 1 N–H and O–H groups in total. The fourth-order valence-corrected chi connectivity index (χ4v) is 6.60. The van der Waals surface area contributed by atoms with Crippen molar-refractivity contribution in [2.45, 2.75) is 23.1 Å². The quantitative estimate of drug-likeness (QED) is 0.0880. The zero-order valence-electron chi connectivity index (χ0n) is 22.3. The number of Topliss-reactive ketones (excluding diaryl/α,β-unsaturated/α-hetero) is 1. The van der Waals surface area contributed by atoms with Crippen LogP contribution in [-0.2, 0) is 15.3 Å². The maximum atomic E-state index is 14.1. The number of aromatic nitrogens is 2. The zero-order chi connectivity index (χ0) is 29.2. The van der Waals surface area contributed by atoms with E-state index in [1.165, 1.54) is 22.7 Å². The number of benzene rings is 3. The van der Waals surface area contributed by atoms with Gasteiger partial charge in [-0.3, -0.25) is 14.5 Å². The standard InChI is InChI=1S/C30H24FN3O6S2/c1-2-38-20-8-5-7-17(14-20)25-24(26(35)18-10-11-22-23(15-18)40-13-12-39-22)27(36)28(37)34(25)29-32-33-30(42-29)41-16-19-6-3-4-9-21(19)31/h3-11,14-15,25,35H,2,12-13,16H2,1H3/b26-24+/t25-/m0/s1. The lowest BCUT2D eigenvalue weighted by Gasteiger charge is -2.23. The van der Waals surface area contributed by atoms with Crippen LogP contribution in [-0.4, -0.2) is 46.8 Å². The van der Waals surface area contributed by atoms with E-state index in [9.17, 15) is 19.1 Å². The number of amides is 1. The summed E-state index contributed by atoms with van der Waals surface area (Å²) in [5.41, 5.74) is 1.23. The number of nitrogens with zero attached hydrogens (tertiary/aromatic N) is 3. The van der Waals surface area contributed by atoms with Gasteiger partial charge in [-0.1, -0.05) is 53.4 Å². The number of ether oxygens (including phenoxy) is 3. The van der Waals surface area contributed by atoms with Crippen LogP contribution in [0.25, 0.3) is 5.76 Å². The highest BCUT2D eigenvalue weighted by Crippen LogP contribution is 2.45. The summed E-state index contributed by atoms with van der Waals surface area (Å²) in [5, 5.41) is 20.1. The highest BCUT2D eigenvalue weighted by atomic mass is 32.2. The fraction of sp³-hybridized carbons (Fsp3) is 0.200. The molecule has 9 nitrogen and oxygen atoms in total. The van der Waals surface area contributed by atoms with Crippen molar-refractivity contribution < 1.29 is 33.3 Å². The molecule has 3 aromatic carbocycles. The summed E-state index contributed by atoms with van der Waals surface area (Å²) in [6, 6.07) is 17.2. The highest BCUT2D eigenvalue weighted by Gasteiger charge is 2.48. The van der Waals surface area contributed by atoms with Crippen molar-refractivity contribution in [1.82, 2.24) is 10.2 Å². The minimum Gasteiger partial charge on any atom is -0.507 e. The Morgan fingerprint density at radius 3 is 2.69 bits per heavy atom. The third kappa shape index (κ3) is 5.30. The van der Waals surface area contributed by atoms with Crippen molar-refractivity contribution in [3.05, 3.63) is 94.8 Å². The molecule has 42 heavy (non-hydrogen) atoms. The lowest BCUT2D eigenvalue weighted by atomic mass is 9.95. The summed E-state index contributed by atoms with van der Waals surface area (Å²) in [6.45, 7) is 3.02. The van der Waals surface area contributed by atoms with Gasteiger partial charge in [0, 0.05) is 11.3 Å². The van der Waals surface area contributed by atoms with Crippen molar-refractivity contribution in [2.24, 2.45) is 0 Å². The highest BCUT2D eigenvalue weighted by molar-refractivity contribution is 8.00. The molecule has 0 radical (unpaired) electrons. The van der Waals surface area contributed by atoms with Crippen molar-refractivity contribution >= 4 is 45.7 Å². The van der Waals surface area contributed by atoms with Crippen LogP contribution in [0.2, 0.25) is 0 Å². The second-order valence-corrected chi connectivity index (χ2v) is 11.4. The summed E-state index contributed by atoms with van der Waals surface area (Å²) in [6.07, 6.45) is 0. The molecule has 0 unspecified atom stereocenters. The molecule has 0 saturated carbocycles. The maximum Gasteiger partial charge on any atom is 0.301 e. The zero-order valence-corrected chi connectivity index (χ0v) is 23.9. The summed E-state index contributed by atoms with van der Waals surface area (Å²) >= 11 is 2.37. The van der Waals surface area contributed by atoms with Gasteiger partial charge in [0.2, 0.25) is 5.13 Å². The first kappa shape index (κ1) is 27.7. The molecular formula is C30H24FN3O6S2. The number of rotatable bonds is 8. The predicted octanol–water partition coefficient (Wildman–Crippen LogP) is 5.77. The number of aliphatic hydroxyl groups is 1. The third-order valence-electron chi connectivity index (χ3n) is 6.66. The van der Waals surface area contributed by atoms with Crippen LogP contribution in [0, 0.1) is 5.82 Å². The number of carbonyl (C=O) groups is 2. The molecule has 3 heterocycles. The maximum absolute atomic E-state index is 14.1. The molecule has 1 aromatic heterocycles. The molecule has 0 bridgehead atoms. The topological polar surface area (TPSA) is 111 Å². The Balaban J connectivity index is 1.41. The Hall–Kier alpha value is -4.42. The van der Waals surface area contributed by atoms with Gasteiger partial charge in [-0.05, 0) is 54.4 Å². The van der Waals surface area contributed by atoms with Crippen molar-refractivity contribution in [3.8, 4) is 17.2 Å². The molecule has 1 amide bonds. The van der Waals surface area contributed by atoms with E-state index in [0.29, 0.717) is 63.9 Å². The average molecular weight is 606 g/mol. The fourth-order valence-electron chi connectivity index (χ4n) is 4.75. The Kier molecular flexibility index (Phi) is 7.81. The molecule has 12 heteroatoms. The van der Waals surface area contributed by atoms with Crippen LogP contribution in [0.1, 0.15) is 29.7 Å². The molecule has 2 aliphatic heterocycles. The third-order valence-corrected chi connectivity index (χ3v) is 8.76. The lowest BCUT2D eigenvalue weighted by Crippen LogP contribution is -2.29. The van der Waals surface area contributed by atoms with Crippen LogP contribution in [0.15, 0.2) is 76.6 Å². The summed E-state index contributed by atoms with van der Waals surface area (Å²) < 4.78 is 31.5. The normalized spacial score (nSPS) is 17.5. The monoisotopic (exact) mass is 605 g/mol. The molecule has 4 aromatic rings. The van der Waals surface area contributed by atoms with Gasteiger partial charge in [-0.15, -0.1) is 10.2 Å². The van der Waals surface area contributed by atoms with Crippen LogP contribution in [0.5, 0.6) is 17.2 Å². The molecule has 1 atom stereocenters. The van der Waals surface area contributed by atoms with Gasteiger partial charge in [-0.2, -0.15) is 0 Å². The molecule has 0 spiro atoms. The van der Waals surface area contributed by atoms with E-state index in [1.54, 1.807) is 60.7 Å². The second-order valence-electron chi connectivity index (χ2n) is 9.26. The molecule has 214 valence electrons. The van der Waals surface area contributed by atoms with E-state index in [1.807, 2.05) is 6.92 Å². The van der Waals surface area contributed by atoms with Crippen molar-refractivity contribution in [2.75, 3.05) is 24.7 Å². The number of halogens is 1. The number of hydrogen-bond acceptors (Lipinski definition) is 10. The largest absolute Gasteiger partial charge is 0.507 e. The first-order chi connectivity index (χ1) is 20.4. The number of thioether (sulfide) groups is 1. The van der Waals surface area contributed by atoms with E-state index in [-0.39, 0.29) is 22.3 Å². The predicted molar refractivity (Wildman–Crippen MR) is 156 cm³/mol. The molecule has 1 fully saturated rings. The van der Waals surface area contributed by atoms with Gasteiger partial charge in [0.15, 0.2) is 15.8 Å². The van der Waals surface area contributed by atoms with Gasteiger partial charge >= 0.3 is 5.91 Å². The molecule has 2 aliphatic rings. The van der Waals surface area contributed by atoms with E-state index >= 15 is 0 Å². The number of carbonyl (C=O) groups excluding carboxylic acids is 2. The number of aliphatic hydroxyl groups excluding tert-OH is 1. The first-order valence-electron chi connectivity index (χ1n) is 13.1. The first-order valence-corrected chi connectivity index (χ1v) is 14.9. The Labute approximate surface area is 248 Å². The van der Waals surface area contributed by atoms with Crippen LogP contribution >= 0.6 is 23.1 Å². The van der Waals surface area contributed by atoms with Crippen LogP contribution < -0.4 is 19.1 Å². The van der Waals surface area contributed by atoms with Gasteiger partial charge in [0.25, 0.3) is 5.78 Å². The van der Waals surface area contributed by atoms with Gasteiger partial charge in [-0.25, -0.2) is 4.39 Å². The number of anilines is 1. The van der Waals surface area contributed by atoms with E-state index in [0.717, 1.165) is 11.3 Å². The second kappa shape index (κ2) is 11.8. The minimum atomic E-state index is -1.02. The van der Waals surface area contributed by atoms with E-state index in [4.69, 9.17) is 14.2 Å². The summed E-state index contributed by atoms with van der Waals surface area (Å²) in [7, 11) is 0. The Morgan fingerprint density at radius 2 is 1.88 bits per heavy atom. The van der Waals surface area contributed by atoms with Gasteiger partial charge < -0.3 is 19.3 Å². The Bertz CT molecular complexity index is 1710. The number of fused-ring (bicyclic) bond motifs is 1. The molecule has 1 saturated heterocycles. The Morgan fingerprint density at radius 1 is 1.07 bits per heavy atom. The van der Waals surface area contributed by atoms with Crippen LogP contribution in [0.4, 0.5) is 9.52 Å². The van der Waals surface area contributed by atoms with Crippen molar-refractivity contribution in [3.63, 3.8) is 0 Å². The molecule has 6 rings (SSSR count). The summed E-state index contributed by atoms with van der Waals surface area (Å²) in [5.74, 6) is -0.620. The number of ketones is 1. The summed E-state index contributed by atoms with van der Waals surface area (Å²) in [4.78, 5) is 28.3. The minimum absolute atomic E-state index is 0.110. The number of hydrogen-bond donors (Lipinski definition) is 1. The molecule has 0 aliphatic carbocycles. The lowest BCUT2D eigenvalue weighted by molar-refractivity contribution is -0.132. The van der Waals surface area contributed by atoms with E-state index < -0.39 is 17.7 Å². The SMILES string of the molecule is CCOc1cccc([C@H]2/C(=C(\O)c3ccc4c(c3)OCCO4)C(=O)C(=O)N2c2nnc(SCc3ccccc3F)s2)c1.